The largest absolute Gasteiger partial charge is 0.496 e. The molecule has 0 spiro atoms. The molecule has 0 bridgehead atoms. The van der Waals surface area contributed by atoms with Crippen LogP contribution in [0.2, 0.25) is 0 Å². The Labute approximate surface area is 152 Å². The lowest BCUT2D eigenvalue weighted by atomic mass is 10.0. The Balaban J connectivity index is 1.85. The van der Waals surface area contributed by atoms with Crippen LogP contribution in [-0.2, 0) is 5.75 Å². The summed E-state index contributed by atoms with van der Waals surface area (Å²) in [7, 11) is 1.63. The number of hydrogen-bond acceptors (Lipinski definition) is 5. The first-order chi connectivity index (χ1) is 12.0. The van der Waals surface area contributed by atoms with Gasteiger partial charge in [-0.25, -0.2) is 4.68 Å². The van der Waals surface area contributed by atoms with Crippen molar-refractivity contribution in [2.45, 2.75) is 31.7 Å². The molecular formula is C19H22N4OS. The number of benzene rings is 2. The van der Waals surface area contributed by atoms with E-state index in [4.69, 9.17) is 10.6 Å². The van der Waals surface area contributed by atoms with Crippen LogP contribution in [0.4, 0.5) is 0 Å². The maximum atomic E-state index is 6.24. The fourth-order valence-corrected chi connectivity index (χ4v) is 4.02. The van der Waals surface area contributed by atoms with Crippen LogP contribution in [0.25, 0.3) is 11.4 Å². The minimum Gasteiger partial charge on any atom is -0.496 e. The van der Waals surface area contributed by atoms with Gasteiger partial charge in [-0.1, -0.05) is 41.6 Å². The average Bonchev–Trinajstić information content (AvgIpc) is 2.94. The number of nitrogen functional groups attached to an aromatic ring is 1. The minimum atomic E-state index is 0.595. The molecule has 2 aromatic carbocycles. The van der Waals surface area contributed by atoms with Gasteiger partial charge in [0.1, 0.15) is 5.75 Å². The molecule has 3 aromatic rings. The zero-order valence-corrected chi connectivity index (χ0v) is 15.7. The molecular weight excluding hydrogens is 332 g/mol. The summed E-state index contributed by atoms with van der Waals surface area (Å²) in [4.78, 5) is 0. The molecule has 0 unspecified atom stereocenters. The van der Waals surface area contributed by atoms with Crippen LogP contribution in [0, 0.1) is 20.8 Å². The first-order valence-corrected chi connectivity index (χ1v) is 9.03. The van der Waals surface area contributed by atoms with Crippen LogP contribution in [0.15, 0.2) is 41.6 Å². The zero-order valence-electron chi connectivity index (χ0n) is 14.9. The number of rotatable bonds is 5. The van der Waals surface area contributed by atoms with E-state index in [1.54, 1.807) is 18.9 Å². The van der Waals surface area contributed by atoms with Gasteiger partial charge in [0.25, 0.3) is 0 Å². The van der Waals surface area contributed by atoms with Gasteiger partial charge >= 0.3 is 0 Å². The van der Waals surface area contributed by atoms with Gasteiger partial charge in [-0.15, -0.1) is 10.2 Å². The lowest BCUT2D eigenvalue weighted by molar-refractivity contribution is 0.416. The second-order valence-electron chi connectivity index (χ2n) is 6.04. The third-order valence-corrected chi connectivity index (χ3v) is 5.17. The molecule has 0 saturated heterocycles. The van der Waals surface area contributed by atoms with E-state index in [1.807, 2.05) is 24.3 Å². The lowest BCUT2D eigenvalue weighted by Gasteiger charge is -2.11. The monoisotopic (exact) mass is 354 g/mol. The normalized spacial score (nSPS) is 10.9. The highest BCUT2D eigenvalue weighted by Gasteiger charge is 2.16. The molecule has 25 heavy (non-hydrogen) atoms. The standard InChI is InChI=1S/C19H22N4OS/c1-12-9-13(2)16(14(3)10-12)11-25-19-22-21-18(23(19)20)15-7-5-6-8-17(15)24-4/h5-10H,11,20H2,1-4H3. The molecule has 0 saturated carbocycles. The van der Waals surface area contributed by atoms with Crippen molar-refractivity contribution in [3.8, 4) is 17.1 Å². The summed E-state index contributed by atoms with van der Waals surface area (Å²) in [5.41, 5.74) is 6.01. The Morgan fingerprint density at radius 2 is 1.76 bits per heavy atom. The van der Waals surface area contributed by atoms with Crippen molar-refractivity contribution in [1.29, 1.82) is 0 Å². The quantitative estimate of drug-likeness (QED) is 0.556. The van der Waals surface area contributed by atoms with Crippen LogP contribution in [-0.4, -0.2) is 22.0 Å². The fraction of sp³-hybridized carbons (Fsp3) is 0.263. The van der Waals surface area contributed by atoms with E-state index in [2.05, 4.69) is 43.1 Å². The lowest BCUT2D eigenvalue weighted by Crippen LogP contribution is -2.12. The molecule has 1 aromatic heterocycles. The van der Waals surface area contributed by atoms with Crippen molar-refractivity contribution < 1.29 is 4.74 Å². The summed E-state index contributed by atoms with van der Waals surface area (Å²) < 4.78 is 6.92. The highest BCUT2D eigenvalue weighted by atomic mass is 32.2. The Bertz CT molecular complexity index is 881. The number of ether oxygens (including phenoxy) is 1. The van der Waals surface area contributed by atoms with Crippen molar-refractivity contribution in [2.75, 3.05) is 13.0 Å². The maximum Gasteiger partial charge on any atom is 0.210 e. The van der Waals surface area contributed by atoms with Gasteiger partial charge in [0, 0.05) is 5.75 Å². The number of methoxy groups -OCH3 is 1. The maximum absolute atomic E-state index is 6.24. The molecule has 1 heterocycles. The zero-order chi connectivity index (χ0) is 18.0. The van der Waals surface area contributed by atoms with Crippen molar-refractivity contribution in [1.82, 2.24) is 14.9 Å². The summed E-state index contributed by atoms with van der Waals surface area (Å²) >= 11 is 1.59. The smallest absolute Gasteiger partial charge is 0.210 e. The summed E-state index contributed by atoms with van der Waals surface area (Å²) in [5, 5.41) is 9.19. The SMILES string of the molecule is COc1ccccc1-c1nnc(SCc2c(C)cc(C)cc2C)n1N. The van der Waals surface area contributed by atoms with Gasteiger partial charge in [-0.3, -0.25) is 0 Å². The van der Waals surface area contributed by atoms with Crippen molar-refractivity contribution >= 4 is 11.8 Å². The van der Waals surface area contributed by atoms with Gasteiger partial charge < -0.3 is 10.6 Å². The number of aromatic nitrogens is 3. The number of nitrogens with zero attached hydrogens (tertiary/aromatic N) is 3. The van der Waals surface area contributed by atoms with Crippen LogP contribution in [0.1, 0.15) is 22.3 Å². The molecule has 5 nitrogen and oxygen atoms in total. The van der Waals surface area contributed by atoms with Gasteiger partial charge in [0.15, 0.2) is 5.82 Å². The Hall–Kier alpha value is -2.47. The number of thioether (sulfide) groups is 1. The van der Waals surface area contributed by atoms with E-state index < -0.39 is 0 Å². The highest BCUT2D eigenvalue weighted by molar-refractivity contribution is 7.98. The van der Waals surface area contributed by atoms with Crippen molar-refractivity contribution in [3.63, 3.8) is 0 Å². The van der Waals surface area contributed by atoms with E-state index in [0.29, 0.717) is 11.0 Å². The molecule has 0 aliphatic heterocycles. The molecule has 6 heteroatoms. The van der Waals surface area contributed by atoms with E-state index in [9.17, 15) is 0 Å². The molecule has 0 amide bonds. The van der Waals surface area contributed by atoms with E-state index in [-0.39, 0.29) is 0 Å². The molecule has 0 atom stereocenters. The minimum absolute atomic E-state index is 0.595. The topological polar surface area (TPSA) is 66.0 Å². The van der Waals surface area contributed by atoms with E-state index >= 15 is 0 Å². The van der Waals surface area contributed by atoms with E-state index in [0.717, 1.165) is 17.1 Å². The van der Waals surface area contributed by atoms with Gasteiger partial charge in [0.05, 0.1) is 12.7 Å². The summed E-state index contributed by atoms with van der Waals surface area (Å²) in [5.74, 6) is 8.36. The Kier molecular flexibility index (Phi) is 4.99. The van der Waals surface area contributed by atoms with Crippen LogP contribution < -0.4 is 10.6 Å². The van der Waals surface area contributed by atoms with Crippen molar-refractivity contribution in [3.05, 3.63) is 58.7 Å². The predicted octanol–water partition coefficient (Wildman–Crippen LogP) is 3.89. The molecule has 130 valence electrons. The summed E-state index contributed by atoms with van der Waals surface area (Å²) in [6.45, 7) is 6.40. The Morgan fingerprint density at radius 1 is 1.08 bits per heavy atom. The third-order valence-electron chi connectivity index (χ3n) is 4.20. The van der Waals surface area contributed by atoms with Crippen molar-refractivity contribution in [2.24, 2.45) is 0 Å². The van der Waals surface area contributed by atoms with E-state index in [1.165, 1.54) is 26.9 Å². The average molecular weight is 354 g/mol. The first-order valence-electron chi connectivity index (χ1n) is 8.04. The molecule has 3 rings (SSSR count). The van der Waals surface area contributed by atoms with Crippen LogP contribution in [0.5, 0.6) is 5.75 Å². The second-order valence-corrected chi connectivity index (χ2v) is 6.98. The number of nitrogens with two attached hydrogens (primary N) is 1. The molecule has 0 radical (unpaired) electrons. The second kappa shape index (κ2) is 7.19. The predicted molar refractivity (Wildman–Crippen MR) is 102 cm³/mol. The number of para-hydroxylation sites is 1. The number of aryl methyl sites for hydroxylation is 3. The molecule has 0 aliphatic carbocycles. The Morgan fingerprint density at radius 3 is 2.44 bits per heavy atom. The first kappa shape index (κ1) is 17.4. The van der Waals surface area contributed by atoms with Crippen LogP contribution in [0.3, 0.4) is 0 Å². The van der Waals surface area contributed by atoms with Gasteiger partial charge in [-0.05, 0) is 49.6 Å². The van der Waals surface area contributed by atoms with Gasteiger partial charge in [-0.2, -0.15) is 0 Å². The molecule has 0 fully saturated rings. The summed E-state index contributed by atoms with van der Waals surface area (Å²) in [6.07, 6.45) is 0. The summed E-state index contributed by atoms with van der Waals surface area (Å²) in [6, 6.07) is 12.1. The van der Waals surface area contributed by atoms with Crippen LogP contribution >= 0.6 is 11.8 Å². The number of hydrogen-bond donors (Lipinski definition) is 1. The molecule has 2 N–H and O–H groups in total. The highest BCUT2D eigenvalue weighted by Crippen LogP contribution is 2.31. The van der Waals surface area contributed by atoms with Gasteiger partial charge in [0.2, 0.25) is 5.16 Å². The molecule has 0 aliphatic rings. The fourth-order valence-electron chi connectivity index (χ4n) is 2.96. The third kappa shape index (κ3) is 3.49.